The highest BCUT2D eigenvalue weighted by molar-refractivity contribution is 6.35. The molecule has 32 heavy (non-hydrogen) atoms. The van der Waals surface area contributed by atoms with Crippen LogP contribution in [0.3, 0.4) is 0 Å². The van der Waals surface area contributed by atoms with Crippen molar-refractivity contribution < 1.29 is 4.74 Å². The smallest absolute Gasteiger partial charge is 0.128 e. The molecule has 1 aliphatic heterocycles. The summed E-state index contributed by atoms with van der Waals surface area (Å²) < 4.78 is 6.07. The third-order valence-electron chi connectivity index (χ3n) is 5.38. The second-order valence-electron chi connectivity index (χ2n) is 7.54. The van der Waals surface area contributed by atoms with Gasteiger partial charge in [0.15, 0.2) is 0 Å². The summed E-state index contributed by atoms with van der Waals surface area (Å²) >= 11 is 12.5. The van der Waals surface area contributed by atoms with Gasteiger partial charge in [0.1, 0.15) is 17.7 Å². The quantitative estimate of drug-likeness (QED) is 0.366. The van der Waals surface area contributed by atoms with Crippen molar-refractivity contribution in [1.29, 1.82) is 5.41 Å². The molecule has 3 heterocycles. The number of benzene rings is 1. The lowest BCUT2D eigenvalue weighted by molar-refractivity contribution is 0.227. The van der Waals surface area contributed by atoms with E-state index < -0.39 is 6.10 Å². The van der Waals surface area contributed by atoms with Gasteiger partial charge in [-0.3, -0.25) is 10.4 Å². The zero-order chi connectivity index (χ0) is 22.7. The SMILES string of the molecule is C[C@@H](Oc1ccc(N)c(C(=N)c2ccc(N3CCNCC3)nc2)c1)c1c(Cl)cncc1Cl. The lowest BCUT2D eigenvalue weighted by Crippen LogP contribution is -2.43. The minimum Gasteiger partial charge on any atom is -0.486 e. The molecule has 166 valence electrons. The number of nitrogens with two attached hydrogens (primary N) is 1. The van der Waals surface area contributed by atoms with Crippen molar-refractivity contribution in [2.45, 2.75) is 13.0 Å². The summed E-state index contributed by atoms with van der Waals surface area (Å²) in [5, 5.41) is 12.9. The Hall–Kier alpha value is -2.87. The summed E-state index contributed by atoms with van der Waals surface area (Å²) in [6.45, 7) is 5.57. The van der Waals surface area contributed by atoms with Crippen LogP contribution in [0.4, 0.5) is 11.5 Å². The first-order chi connectivity index (χ1) is 15.4. The number of piperazine rings is 1. The number of halogens is 2. The lowest BCUT2D eigenvalue weighted by atomic mass is 10.0. The Balaban J connectivity index is 1.54. The van der Waals surface area contributed by atoms with Gasteiger partial charge in [0.25, 0.3) is 0 Å². The maximum Gasteiger partial charge on any atom is 0.128 e. The Morgan fingerprint density at radius 3 is 2.50 bits per heavy atom. The van der Waals surface area contributed by atoms with Gasteiger partial charge in [0.2, 0.25) is 0 Å². The van der Waals surface area contributed by atoms with Gasteiger partial charge in [0, 0.05) is 67.1 Å². The van der Waals surface area contributed by atoms with Gasteiger partial charge in [-0.15, -0.1) is 0 Å². The number of nitrogens with one attached hydrogen (secondary N) is 2. The Bertz CT molecular complexity index is 1100. The molecule has 4 rings (SSSR count). The highest BCUT2D eigenvalue weighted by Crippen LogP contribution is 2.33. The van der Waals surface area contributed by atoms with E-state index in [2.05, 4.69) is 20.2 Å². The molecule has 9 heteroatoms. The molecule has 2 aromatic heterocycles. The van der Waals surface area contributed by atoms with Gasteiger partial charge >= 0.3 is 0 Å². The molecule has 1 fully saturated rings. The minimum atomic E-state index is -0.413. The summed E-state index contributed by atoms with van der Waals surface area (Å²) in [7, 11) is 0. The first-order valence-corrected chi connectivity index (χ1v) is 11.1. The van der Waals surface area contributed by atoms with E-state index in [0.717, 1.165) is 32.0 Å². The summed E-state index contributed by atoms with van der Waals surface area (Å²) in [6, 6.07) is 9.09. The van der Waals surface area contributed by atoms with Crippen LogP contribution in [0.2, 0.25) is 10.0 Å². The number of rotatable bonds is 6. The summed E-state index contributed by atoms with van der Waals surface area (Å²) in [4.78, 5) is 10.8. The second-order valence-corrected chi connectivity index (χ2v) is 8.36. The average Bonchev–Trinajstić information content (AvgIpc) is 2.80. The Labute approximate surface area is 197 Å². The first-order valence-electron chi connectivity index (χ1n) is 10.3. The highest BCUT2D eigenvalue weighted by atomic mass is 35.5. The molecule has 1 aromatic carbocycles. The van der Waals surface area contributed by atoms with Crippen LogP contribution in [0.1, 0.15) is 29.7 Å². The van der Waals surface area contributed by atoms with Gasteiger partial charge in [-0.1, -0.05) is 23.2 Å². The van der Waals surface area contributed by atoms with Crippen LogP contribution < -0.4 is 20.7 Å². The zero-order valence-electron chi connectivity index (χ0n) is 17.6. The molecular weight excluding hydrogens is 447 g/mol. The van der Waals surface area contributed by atoms with Crippen LogP contribution in [-0.2, 0) is 0 Å². The standard InChI is InChI=1S/C23H24Cl2N6O/c1-14(22-18(24)12-29-13-19(22)25)32-16-3-4-20(26)17(10-16)23(27)15-2-5-21(30-11-15)31-8-6-28-7-9-31/h2-5,10-14,27-28H,6-9,26H2,1H3/t14-/m1/s1. The molecule has 3 aromatic rings. The van der Waals surface area contributed by atoms with E-state index >= 15 is 0 Å². The minimum absolute atomic E-state index is 0.278. The third kappa shape index (κ3) is 4.80. The summed E-state index contributed by atoms with van der Waals surface area (Å²) in [5.74, 6) is 1.47. The third-order valence-corrected chi connectivity index (χ3v) is 5.98. The molecule has 0 amide bonds. The second kappa shape index (κ2) is 9.73. The van der Waals surface area contributed by atoms with Gasteiger partial charge in [-0.2, -0.15) is 0 Å². The Morgan fingerprint density at radius 2 is 1.84 bits per heavy atom. The number of ether oxygens (including phenoxy) is 1. The van der Waals surface area contributed by atoms with Crippen molar-refractivity contribution in [2.24, 2.45) is 0 Å². The predicted octanol–water partition coefficient (Wildman–Crippen LogP) is 4.33. The fourth-order valence-corrected chi connectivity index (χ4v) is 4.34. The summed E-state index contributed by atoms with van der Waals surface area (Å²) in [6.07, 6.45) is 4.36. The molecule has 1 aliphatic rings. The van der Waals surface area contributed by atoms with Crippen LogP contribution in [0.15, 0.2) is 48.9 Å². The van der Waals surface area contributed by atoms with Gasteiger partial charge in [0.05, 0.1) is 15.8 Å². The van der Waals surface area contributed by atoms with Gasteiger partial charge < -0.3 is 20.7 Å². The van der Waals surface area contributed by atoms with Crippen LogP contribution in [-0.4, -0.2) is 41.9 Å². The number of aromatic nitrogens is 2. The van der Waals surface area contributed by atoms with E-state index in [1.165, 1.54) is 12.4 Å². The number of nitrogens with zero attached hydrogens (tertiary/aromatic N) is 3. The van der Waals surface area contributed by atoms with E-state index in [4.69, 9.17) is 39.1 Å². The van der Waals surface area contributed by atoms with Crippen molar-refractivity contribution >= 4 is 40.4 Å². The summed E-state index contributed by atoms with van der Waals surface area (Å²) in [5.41, 5.74) is 8.85. The van der Waals surface area contributed by atoms with Crippen LogP contribution in [0.5, 0.6) is 5.75 Å². The van der Waals surface area contributed by atoms with Crippen LogP contribution >= 0.6 is 23.2 Å². The first kappa shape index (κ1) is 22.3. The van der Waals surface area contributed by atoms with Crippen LogP contribution in [0.25, 0.3) is 0 Å². The molecule has 0 saturated carbocycles. The fourth-order valence-electron chi connectivity index (χ4n) is 3.67. The van der Waals surface area contributed by atoms with Crippen molar-refractivity contribution in [1.82, 2.24) is 15.3 Å². The van der Waals surface area contributed by atoms with E-state index in [-0.39, 0.29) is 5.71 Å². The van der Waals surface area contributed by atoms with Crippen molar-refractivity contribution in [2.75, 3.05) is 36.8 Å². The van der Waals surface area contributed by atoms with Crippen molar-refractivity contribution in [3.63, 3.8) is 0 Å². The molecule has 0 spiro atoms. The molecular formula is C23H24Cl2N6O. The number of hydrogen-bond donors (Lipinski definition) is 3. The monoisotopic (exact) mass is 470 g/mol. The van der Waals surface area contributed by atoms with E-state index in [0.29, 0.717) is 38.2 Å². The van der Waals surface area contributed by atoms with Crippen molar-refractivity contribution in [3.8, 4) is 5.75 Å². The molecule has 4 N–H and O–H groups in total. The normalized spacial score (nSPS) is 14.8. The van der Waals surface area contributed by atoms with Crippen molar-refractivity contribution in [3.05, 3.63) is 75.7 Å². The highest BCUT2D eigenvalue weighted by Gasteiger charge is 2.18. The maximum atomic E-state index is 8.69. The maximum absolute atomic E-state index is 8.69. The molecule has 0 radical (unpaired) electrons. The van der Waals surface area contributed by atoms with Gasteiger partial charge in [-0.25, -0.2) is 4.98 Å². The number of hydrogen-bond acceptors (Lipinski definition) is 7. The van der Waals surface area contributed by atoms with Crippen LogP contribution in [0, 0.1) is 5.41 Å². The number of anilines is 2. The van der Waals surface area contributed by atoms with Gasteiger partial charge in [-0.05, 0) is 37.3 Å². The molecule has 0 unspecified atom stereocenters. The molecule has 0 aliphatic carbocycles. The fraction of sp³-hybridized carbons (Fsp3) is 0.261. The average molecular weight is 471 g/mol. The Kier molecular flexibility index (Phi) is 6.79. The lowest BCUT2D eigenvalue weighted by Gasteiger charge is -2.28. The molecule has 1 atom stereocenters. The number of nitrogen functional groups attached to an aromatic ring is 1. The van der Waals surface area contributed by atoms with E-state index in [1.54, 1.807) is 24.4 Å². The predicted molar refractivity (Wildman–Crippen MR) is 129 cm³/mol. The Morgan fingerprint density at radius 1 is 1.12 bits per heavy atom. The largest absolute Gasteiger partial charge is 0.486 e. The molecule has 0 bridgehead atoms. The molecule has 7 nitrogen and oxygen atoms in total. The van der Waals surface area contributed by atoms with E-state index in [9.17, 15) is 0 Å². The topological polar surface area (TPSA) is 100 Å². The van der Waals surface area contributed by atoms with E-state index in [1.807, 2.05) is 19.1 Å². The zero-order valence-corrected chi connectivity index (χ0v) is 19.1. The molecule has 1 saturated heterocycles. The number of pyridine rings is 2.